The van der Waals surface area contributed by atoms with Gasteiger partial charge < -0.3 is 25.2 Å². The topological polar surface area (TPSA) is 116 Å². The Morgan fingerprint density at radius 2 is 1.74 bits per heavy atom. The number of amides is 2. The molecular weight excluding hydrogens is 436 g/mol. The molecule has 8 nitrogen and oxygen atoms in total. The molecule has 0 aromatic heterocycles. The molecule has 1 saturated heterocycles. The van der Waals surface area contributed by atoms with E-state index < -0.39 is 23.6 Å². The highest BCUT2D eigenvalue weighted by Crippen LogP contribution is 2.44. The highest BCUT2D eigenvalue weighted by molar-refractivity contribution is 5.84. The molecule has 2 unspecified atom stereocenters. The summed E-state index contributed by atoms with van der Waals surface area (Å²) < 4.78 is 5.55. The molecule has 1 aliphatic heterocycles. The quantitative estimate of drug-likeness (QED) is 0.551. The molecule has 0 bridgehead atoms. The van der Waals surface area contributed by atoms with Gasteiger partial charge in [-0.1, -0.05) is 61.9 Å². The van der Waals surface area contributed by atoms with Crippen molar-refractivity contribution >= 4 is 18.0 Å². The summed E-state index contributed by atoms with van der Waals surface area (Å²) in [4.78, 5) is 38.1. The van der Waals surface area contributed by atoms with Crippen LogP contribution in [-0.2, 0) is 14.3 Å². The van der Waals surface area contributed by atoms with Gasteiger partial charge in [-0.05, 0) is 28.7 Å². The van der Waals surface area contributed by atoms with Gasteiger partial charge >= 0.3 is 12.1 Å². The molecule has 1 aliphatic carbocycles. The second-order valence-electron chi connectivity index (χ2n) is 9.04. The number of aliphatic carboxylic acids is 1. The third kappa shape index (κ3) is 4.63. The van der Waals surface area contributed by atoms with E-state index in [9.17, 15) is 24.6 Å². The van der Waals surface area contributed by atoms with Gasteiger partial charge in [0, 0.05) is 25.4 Å². The van der Waals surface area contributed by atoms with E-state index in [-0.39, 0.29) is 44.5 Å². The Kier molecular flexibility index (Phi) is 6.88. The Balaban J connectivity index is 1.34. The number of carbonyl (C=O) groups is 3. The van der Waals surface area contributed by atoms with Gasteiger partial charge in [0.05, 0.1) is 12.5 Å². The number of nitrogens with one attached hydrogen (secondary N) is 1. The summed E-state index contributed by atoms with van der Waals surface area (Å²) in [5.41, 5.74) is 2.62. The van der Waals surface area contributed by atoms with Gasteiger partial charge in [0.15, 0.2) is 5.60 Å². The lowest BCUT2D eigenvalue weighted by molar-refractivity contribution is -0.157. The highest BCUT2D eigenvalue weighted by atomic mass is 16.5. The van der Waals surface area contributed by atoms with Crippen LogP contribution in [0.4, 0.5) is 4.79 Å². The second kappa shape index (κ2) is 9.85. The van der Waals surface area contributed by atoms with Crippen molar-refractivity contribution in [3.05, 3.63) is 59.7 Å². The monoisotopic (exact) mass is 466 g/mol. The van der Waals surface area contributed by atoms with Crippen molar-refractivity contribution < 1.29 is 29.3 Å². The van der Waals surface area contributed by atoms with Crippen molar-refractivity contribution in [2.45, 2.75) is 37.7 Å². The molecule has 2 atom stereocenters. The number of hydrogen-bond donors (Lipinski definition) is 3. The fourth-order valence-corrected chi connectivity index (χ4v) is 4.93. The normalized spacial score (nSPS) is 19.9. The summed E-state index contributed by atoms with van der Waals surface area (Å²) in [5, 5.41) is 22.0. The number of rotatable bonds is 8. The number of β-amino-alcohol motifs (C(OH)–C–C–N with tert-alkyl or cyclic N) is 1. The number of nitrogens with zero attached hydrogens (tertiary/aromatic N) is 1. The molecule has 0 saturated carbocycles. The number of ether oxygens (including phenoxy) is 1. The Bertz CT molecular complexity index is 1040. The van der Waals surface area contributed by atoms with Gasteiger partial charge in [-0.2, -0.15) is 0 Å². The smallest absolute Gasteiger partial charge is 0.407 e. The minimum absolute atomic E-state index is 0.00722. The maximum Gasteiger partial charge on any atom is 0.407 e. The number of carboxylic acid groups (broad SMARTS) is 1. The SMILES string of the molecule is CCCC(CNC(=O)OCC1c2ccccc2-c2ccccc21)C(=O)N1CCC(O)(C(=O)O)C1. The van der Waals surface area contributed by atoms with Crippen molar-refractivity contribution in [2.24, 2.45) is 5.92 Å². The van der Waals surface area contributed by atoms with Crippen LogP contribution in [0.1, 0.15) is 43.2 Å². The average Bonchev–Trinajstić information content (AvgIpc) is 3.39. The van der Waals surface area contributed by atoms with Crippen molar-refractivity contribution in [3.8, 4) is 11.1 Å². The van der Waals surface area contributed by atoms with E-state index in [1.165, 1.54) is 4.90 Å². The molecule has 2 aromatic rings. The molecular formula is C26H30N2O6. The molecule has 2 aliphatic rings. The van der Waals surface area contributed by atoms with Crippen LogP contribution in [0.15, 0.2) is 48.5 Å². The summed E-state index contributed by atoms with van der Waals surface area (Å²) in [6.07, 6.45) is 0.649. The number of fused-ring (bicyclic) bond motifs is 3. The lowest BCUT2D eigenvalue weighted by Crippen LogP contribution is -2.45. The van der Waals surface area contributed by atoms with Gasteiger partial charge in [0.1, 0.15) is 6.61 Å². The van der Waals surface area contributed by atoms with Crippen LogP contribution in [0.3, 0.4) is 0 Å². The summed E-state index contributed by atoms with van der Waals surface area (Å²) >= 11 is 0. The van der Waals surface area contributed by atoms with Crippen LogP contribution >= 0.6 is 0 Å². The van der Waals surface area contributed by atoms with Crippen LogP contribution in [0, 0.1) is 5.92 Å². The minimum atomic E-state index is -1.91. The van der Waals surface area contributed by atoms with Crippen LogP contribution in [0.2, 0.25) is 0 Å². The molecule has 180 valence electrons. The van der Waals surface area contributed by atoms with Crippen LogP contribution in [-0.4, -0.2) is 64.9 Å². The number of aliphatic hydroxyl groups is 1. The van der Waals surface area contributed by atoms with Crippen molar-refractivity contribution in [2.75, 3.05) is 26.2 Å². The molecule has 8 heteroatoms. The van der Waals surface area contributed by atoms with Gasteiger partial charge in [0.2, 0.25) is 5.91 Å². The van der Waals surface area contributed by atoms with E-state index in [0.29, 0.717) is 6.42 Å². The molecule has 0 spiro atoms. The minimum Gasteiger partial charge on any atom is -0.479 e. The van der Waals surface area contributed by atoms with E-state index in [1.54, 1.807) is 0 Å². The van der Waals surface area contributed by atoms with Crippen molar-refractivity contribution in [1.29, 1.82) is 0 Å². The van der Waals surface area contributed by atoms with Crippen LogP contribution in [0.5, 0.6) is 0 Å². The summed E-state index contributed by atoms with van der Waals surface area (Å²) in [6, 6.07) is 16.2. The first-order valence-electron chi connectivity index (χ1n) is 11.7. The van der Waals surface area contributed by atoms with E-state index >= 15 is 0 Å². The van der Waals surface area contributed by atoms with Gasteiger partial charge in [-0.25, -0.2) is 9.59 Å². The van der Waals surface area contributed by atoms with E-state index in [1.807, 2.05) is 43.3 Å². The largest absolute Gasteiger partial charge is 0.479 e. The number of benzene rings is 2. The summed E-state index contributed by atoms with van der Waals surface area (Å²) in [7, 11) is 0. The van der Waals surface area contributed by atoms with E-state index in [0.717, 1.165) is 28.7 Å². The van der Waals surface area contributed by atoms with Gasteiger partial charge in [-0.3, -0.25) is 4.79 Å². The standard InChI is InChI=1S/C26H30N2O6/c1-2-7-17(23(29)28-13-12-26(33,16-28)24(30)31)14-27-25(32)34-15-22-20-10-5-3-8-18(20)19-9-4-6-11-21(19)22/h3-6,8-11,17,22,33H,2,7,12-16H2,1H3,(H,27,32)(H,30,31). The number of carbonyl (C=O) groups excluding carboxylic acids is 2. The molecule has 2 amide bonds. The lowest BCUT2D eigenvalue weighted by Gasteiger charge is -2.24. The van der Waals surface area contributed by atoms with E-state index in [4.69, 9.17) is 4.74 Å². The first-order chi connectivity index (χ1) is 16.3. The number of carboxylic acids is 1. The zero-order valence-corrected chi connectivity index (χ0v) is 19.2. The van der Waals surface area contributed by atoms with E-state index in [2.05, 4.69) is 17.4 Å². The molecule has 2 aromatic carbocycles. The molecule has 3 N–H and O–H groups in total. The fraction of sp³-hybridized carbons (Fsp3) is 0.423. The Labute approximate surface area is 198 Å². The second-order valence-corrected chi connectivity index (χ2v) is 9.04. The predicted molar refractivity (Wildman–Crippen MR) is 125 cm³/mol. The number of likely N-dealkylation sites (tertiary alicyclic amines) is 1. The average molecular weight is 467 g/mol. The number of alkyl carbamates (subject to hydrolysis) is 1. The van der Waals surface area contributed by atoms with Crippen LogP contribution in [0.25, 0.3) is 11.1 Å². The maximum absolute atomic E-state index is 12.9. The van der Waals surface area contributed by atoms with Gasteiger partial charge in [0.25, 0.3) is 0 Å². The van der Waals surface area contributed by atoms with Gasteiger partial charge in [-0.15, -0.1) is 0 Å². The Hall–Kier alpha value is -3.39. The Morgan fingerprint density at radius 1 is 1.12 bits per heavy atom. The first-order valence-corrected chi connectivity index (χ1v) is 11.7. The molecule has 0 radical (unpaired) electrons. The van der Waals surface area contributed by atoms with Crippen molar-refractivity contribution in [1.82, 2.24) is 10.2 Å². The van der Waals surface area contributed by atoms with Crippen molar-refractivity contribution in [3.63, 3.8) is 0 Å². The van der Waals surface area contributed by atoms with Crippen LogP contribution < -0.4 is 5.32 Å². The zero-order chi connectivity index (χ0) is 24.3. The third-order valence-electron chi connectivity index (χ3n) is 6.78. The number of hydrogen-bond acceptors (Lipinski definition) is 5. The third-order valence-corrected chi connectivity index (χ3v) is 6.78. The zero-order valence-electron chi connectivity index (χ0n) is 19.2. The molecule has 1 fully saturated rings. The Morgan fingerprint density at radius 3 is 2.29 bits per heavy atom. The molecule has 4 rings (SSSR count). The highest BCUT2D eigenvalue weighted by Gasteiger charge is 2.45. The predicted octanol–water partition coefficient (Wildman–Crippen LogP) is 2.99. The fourth-order valence-electron chi connectivity index (χ4n) is 4.93. The molecule has 1 heterocycles. The summed E-state index contributed by atoms with van der Waals surface area (Å²) in [5.74, 6) is -2.16. The maximum atomic E-state index is 12.9. The lowest BCUT2D eigenvalue weighted by atomic mass is 9.98. The molecule has 34 heavy (non-hydrogen) atoms. The summed E-state index contributed by atoms with van der Waals surface area (Å²) in [6.45, 7) is 2.14. The first kappa shape index (κ1) is 23.8.